The van der Waals surface area contributed by atoms with E-state index in [0.717, 1.165) is 29.0 Å². The number of nitrogens with one attached hydrogen (secondary N) is 1. The molecule has 0 radical (unpaired) electrons. The van der Waals surface area contributed by atoms with E-state index in [-0.39, 0.29) is 10.8 Å². The second kappa shape index (κ2) is 10.0. The first-order valence-corrected chi connectivity index (χ1v) is 13.4. The number of hydrogen-bond donors (Lipinski definition) is 1. The molecule has 1 saturated carbocycles. The predicted octanol–water partition coefficient (Wildman–Crippen LogP) is 6.58. The molecule has 0 aliphatic heterocycles. The highest BCUT2D eigenvalue weighted by Crippen LogP contribution is 2.31. The summed E-state index contributed by atoms with van der Waals surface area (Å²) in [6, 6.07) is 17.0. The molecular formula is C28H31N3O4S. The molecule has 1 aliphatic rings. The number of aromatic nitrogens is 2. The largest absolute Gasteiger partial charge is 0.493 e. The van der Waals surface area contributed by atoms with E-state index in [1.54, 1.807) is 12.3 Å². The van der Waals surface area contributed by atoms with E-state index in [1.165, 1.54) is 12.8 Å². The molecule has 2 heterocycles. The number of oxazole rings is 1. The van der Waals surface area contributed by atoms with Crippen LogP contribution in [0.4, 0.5) is 0 Å². The molecular weight excluding hydrogens is 474 g/mol. The topological polar surface area (TPSA) is 86.5 Å². The van der Waals surface area contributed by atoms with Gasteiger partial charge in [0.1, 0.15) is 17.0 Å². The molecule has 1 aliphatic carbocycles. The van der Waals surface area contributed by atoms with Crippen molar-refractivity contribution in [2.24, 2.45) is 5.92 Å². The molecule has 2 aromatic heterocycles. The Bertz CT molecular complexity index is 1370. The first-order chi connectivity index (χ1) is 17.2. The van der Waals surface area contributed by atoms with E-state index < -0.39 is 11.0 Å². The normalized spacial score (nSPS) is 15.6. The third kappa shape index (κ3) is 5.94. The van der Waals surface area contributed by atoms with Gasteiger partial charge in [-0.25, -0.2) is 18.9 Å². The lowest BCUT2D eigenvalue weighted by molar-refractivity contribution is 0.298. The Morgan fingerprint density at radius 2 is 1.92 bits per heavy atom. The van der Waals surface area contributed by atoms with Crippen molar-refractivity contribution < 1.29 is 18.1 Å². The minimum absolute atomic E-state index is 0.0984. The van der Waals surface area contributed by atoms with Crippen molar-refractivity contribution in [2.45, 2.75) is 51.3 Å². The van der Waals surface area contributed by atoms with Crippen molar-refractivity contribution >= 4 is 22.1 Å². The van der Waals surface area contributed by atoms with Crippen LogP contribution in [0.3, 0.4) is 0 Å². The second-order valence-electron chi connectivity index (χ2n) is 10.2. The summed E-state index contributed by atoms with van der Waals surface area (Å²) >= 11 is 0. The molecule has 188 valence electrons. The van der Waals surface area contributed by atoms with Crippen molar-refractivity contribution in [3.05, 3.63) is 66.4 Å². The molecule has 4 aromatic rings. The summed E-state index contributed by atoms with van der Waals surface area (Å²) in [5.41, 5.74) is 3.15. The van der Waals surface area contributed by atoms with Gasteiger partial charge in [0.15, 0.2) is 5.58 Å². The standard InChI is InChI=1S/C28H31N3O4S/c1-18(31-36(32)28(2,3)4)20-10-12-24-25(14-20)35-27(30-24)21-11-13-26(29-16-21)34-23-7-5-6-22(15-23)33-17-19-8-9-19/h5-7,10-16,18-19,31H,8-9,17H2,1-4H3/t18-,36?/m0/s1. The minimum Gasteiger partial charge on any atom is -0.493 e. The Labute approximate surface area is 213 Å². The molecule has 7 nitrogen and oxygen atoms in total. The highest BCUT2D eigenvalue weighted by atomic mass is 32.2. The Balaban J connectivity index is 1.27. The molecule has 1 N–H and O–H groups in total. The van der Waals surface area contributed by atoms with Gasteiger partial charge in [0.05, 0.1) is 27.9 Å². The van der Waals surface area contributed by atoms with Crippen molar-refractivity contribution in [3.63, 3.8) is 0 Å². The van der Waals surface area contributed by atoms with Gasteiger partial charge in [-0.1, -0.05) is 12.1 Å². The SMILES string of the molecule is C[C@H](NS(=O)C(C)(C)C)c1ccc2nc(-c3ccc(Oc4cccc(OCC5CC5)c4)nc3)oc2c1. The lowest BCUT2D eigenvalue weighted by atomic mass is 10.1. The molecule has 2 atom stereocenters. The molecule has 0 amide bonds. The maximum absolute atomic E-state index is 12.5. The number of fused-ring (bicyclic) bond motifs is 1. The van der Waals surface area contributed by atoms with Gasteiger partial charge in [-0.3, -0.25) is 0 Å². The van der Waals surface area contributed by atoms with E-state index in [4.69, 9.17) is 13.9 Å². The summed E-state index contributed by atoms with van der Waals surface area (Å²) in [6.07, 6.45) is 4.19. The van der Waals surface area contributed by atoms with Crippen LogP contribution in [0.5, 0.6) is 17.4 Å². The Hall–Kier alpha value is -3.23. The summed E-state index contributed by atoms with van der Waals surface area (Å²) in [5.74, 6) is 3.13. The van der Waals surface area contributed by atoms with E-state index in [9.17, 15) is 4.21 Å². The van der Waals surface area contributed by atoms with Crippen molar-refractivity contribution in [3.8, 4) is 28.8 Å². The lowest BCUT2D eigenvalue weighted by Crippen LogP contribution is -2.34. The van der Waals surface area contributed by atoms with Gasteiger partial charge in [-0.05, 0) is 82.3 Å². The molecule has 36 heavy (non-hydrogen) atoms. The fraction of sp³-hybridized carbons (Fsp3) is 0.357. The quantitative estimate of drug-likeness (QED) is 0.276. The lowest BCUT2D eigenvalue weighted by Gasteiger charge is -2.22. The van der Waals surface area contributed by atoms with Crippen molar-refractivity contribution in [1.82, 2.24) is 14.7 Å². The van der Waals surface area contributed by atoms with Crippen LogP contribution in [0.25, 0.3) is 22.6 Å². The van der Waals surface area contributed by atoms with Crippen LogP contribution in [0.2, 0.25) is 0 Å². The van der Waals surface area contributed by atoms with E-state index >= 15 is 0 Å². The van der Waals surface area contributed by atoms with E-state index in [1.807, 2.05) is 76.2 Å². The monoisotopic (exact) mass is 505 g/mol. The van der Waals surface area contributed by atoms with E-state index in [2.05, 4.69) is 14.7 Å². The van der Waals surface area contributed by atoms with Crippen LogP contribution in [-0.2, 0) is 11.0 Å². The average molecular weight is 506 g/mol. The minimum atomic E-state index is -1.17. The summed E-state index contributed by atoms with van der Waals surface area (Å²) in [6.45, 7) is 8.58. The maximum atomic E-state index is 12.5. The highest BCUT2D eigenvalue weighted by molar-refractivity contribution is 7.84. The highest BCUT2D eigenvalue weighted by Gasteiger charge is 2.23. The zero-order valence-electron chi connectivity index (χ0n) is 21.0. The zero-order valence-corrected chi connectivity index (χ0v) is 21.8. The van der Waals surface area contributed by atoms with Gasteiger partial charge < -0.3 is 13.9 Å². The molecule has 8 heteroatoms. The van der Waals surface area contributed by atoms with Gasteiger partial charge in [-0.2, -0.15) is 0 Å². The molecule has 1 fully saturated rings. The van der Waals surface area contributed by atoms with Gasteiger partial charge in [-0.15, -0.1) is 0 Å². The smallest absolute Gasteiger partial charge is 0.228 e. The summed E-state index contributed by atoms with van der Waals surface area (Å²) in [5, 5.41) is 0. The first-order valence-electron chi connectivity index (χ1n) is 12.2. The van der Waals surface area contributed by atoms with Crippen LogP contribution < -0.4 is 14.2 Å². The van der Waals surface area contributed by atoms with Crippen LogP contribution in [0, 0.1) is 5.92 Å². The number of rotatable bonds is 9. The molecule has 2 aromatic carbocycles. The van der Waals surface area contributed by atoms with Gasteiger partial charge in [0.25, 0.3) is 0 Å². The summed E-state index contributed by atoms with van der Waals surface area (Å²) < 4.78 is 33.1. The number of ether oxygens (including phenoxy) is 2. The van der Waals surface area contributed by atoms with Gasteiger partial charge in [0.2, 0.25) is 11.8 Å². The van der Waals surface area contributed by atoms with Crippen LogP contribution >= 0.6 is 0 Å². The van der Waals surface area contributed by atoms with E-state index in [0.29, 0.717) is 29.0 Å². The zero-order chi connectivity index (χ0) is 25.3. The summed E-state index contributed by atoms with van der Waals surface area (Å²) in [7, 11) is -1.17. The van der Waals surface area contributed by atoms with Crippen LogP contribution in [-0.4, -0.2) is 25.5 Å². The summed E-state index contributed by atoms with van der Waals surface area (Å²) in [4.78, 5) is 9.03. The van der Waals surface area contributed by atoms with Crippen molar-refractivity contribution in [2.75, 3.05) is 6.61 Å². The molecule has 0 spiro atoms. The Morgan fingerprint density at radius 1 is 1.11 bits per heavy atom. The molecule has 1 unspecified atom stereocenters. The Kier molecular flexibility index (Phi) is 6.81. The predicted molar refractivity (Wildman–Crippen MR) is 141 cm³/mol. The number of nitrogens with zero attached hydrogens (tertiary/aromatic N) is 2. The molecule has 5 rings (SSSR count). The fourth-order valence-electron chi connectivity index (χ4n) is 3.55. The van der Waals surface area contributed by atoms with Gasteiger partial charge in [0, 0.05) is 24.4 Å². The molecule has 0 bridgehead atoms. The average Bonchev–Trinajstić information content (AvgIpc) is 3.59. The number of benzene rings is 2. The third-order valence-electron chi connectivity index (χ3n) is 5.95. The second-order valence-corrected chi connectivity index (χ2v) is 12.2. The van der Waals surface area contributed by atoms with Crippen LogP contribution in [0.15, 0.2) is 65.2 Å². The number of pyridine rings is 1. The number of hydrogen-bond acceptors (Lipinski definition) is 6. The fourth-order valence-corrected chi connectivity index (χ4v) is 4.36. The van der Waals surface area contributed by atoms with Gasteiger partial charge >= 0.3 is 0 Å². The first kappa shape index (κ1) is 24.5. The van der Waals surface area contributed by atoms with Crippen LogP contribution in [0.1, 0.15) is 52.1 Å². The molecule has 0 saturated heterocycles. The maximum Gasteiger partial charge on any atom is 0.228 e. The Morgan fingerprint density at radius 3 is 2.64 bits per heavy atom. The van der Waals surface area contributed by atoms with Crippen molar-refractivity contribution in [1.29, 1.82) is 0 Å². The third-order valence-corrected chi connectivity index (χ3v) is 7.63.